The summed E-state index contributed by atoms with van der Waals surface area (Å²) in [6.07, 6.45) is 5.72. The average Bonchev–Trinajstić information content (AvgIpc) is 3.11. The molecule has 2 N–H and O–H groups in total. The number of benzene rings is 1. The fourth-order valence-corrected chi connectivity index (χ4v) is 2.91. The van der Waals surface area contributed by atoms with E-state index in [1.165, 1.54) is 5.56 Å². The molecule has 7 nitrogen and oxygen atoms in total. The van der Waals surface area contributed by atoms with Crippen LogP contribution in [0.25, 0.3) is 0 Å². The first-order valence-corrected chi connectivity index (χ1v) is 9.55. The van der Waals surface area contributed by atoms with Crippen LogP contribution >= 0.6 is 0 Å². The van der Waals surface area contributed by atoms with Gasteiger partial charge in [0.05, 0.1) is 0 Å². The SMILES string of the molecule is Cc1ncc(CN(CCN(C)C)Cc2cnc(NCc3ccccc3)nc2)[nH]1. The molecule has 2 heterocycles. The standard InChI is InChI=1S/C21H29N7/c1-17-22-14-20(26-17)16-28(10-9-27(2)3)15-19-12-24-21(25-13-19)23-11-18-7-5-4-6-8-18/h4-8,12-14H,9-11,15-16H2,1-3H3,(H,22,26)(H,23,24,25). The number of imidazole rings is 1. The molecule has 28 heavy (non-hydrogen) atoms. The van der Waals surface area contributed by atoms with E-state index in [0.717, 1.165) is 43.3 Å². The second kappa shape index (κ2) is 9.96. The fraction of sp³-hybridized carbons (Fsp3) is 0.381. The highest BCUT2D eigenvalue weighted by atomic mass is 15.2. The first-order valence-electron chi connectivity index (χ1n) is 9.55. The number of H-pyrrole nitrogens is 1. The van der Waals surface area contributed by atoms with Crippen molar-refractivity contribution in [3.05, 3.63) is 71.6 Å². The molecule has 0 amide bonds. The van der Waals surface area contributed by atoms with E-state index in [0.29, 0.717) is 12.5 Å². The van der Waals surface area contributed by atoms with E-state index < -0.39 is 0 Å². The summed E-state index contributed by atoms with van der Waals surface area (Å²) in [5.41, 5.74) is 3.43. The molecule has 0 saturated carbocycles. The molecule has 0 aliphatic rings. The van der Waals surface area contributed by atoms with Crippen LogP contribution in [0.3, 0.4) is 0 Å². The third-order valence-electron chi connectivity index (χ3n) is 4.42. The van der Waals surface area contributed by atoms with E-state index in [-0.39, 0.29) is 0 Å². The van der Waals surface area contributed by atoms with Crippen LogP contribution in [0.5, 0.6) is 0 Å². The topological polar surface area (TPSA) is 73.0 Å². The molecule has 0 saturated heterocycles. The van der Waals surface area contributed by atoms with Gasteiger partial charge < -0.3 is 15.2 Å². The van der Waals surface area contributed by atoms with E-state index in [1.807, 2.05) is 43.7 Å². The van der Waals surface area contributed by atoms with Gasteiger partial charge in [-0.15, -0.1) is 0 Å². The Morgan fingerprint density at radius 3 is 2.29 bits per heavy atom. The van der Waals surface area contributed by atoms with Gasteiger partial charge in [0.2, 0.25) is 5.95 Å². The molecule has 2 aromatic heterocycles. The van der Waals surface area contributed by atoms with E-state index in [1.54, 1.807) is 0 Å². The molecule has 0 spiro atoms. The van der Waals surface area contributed by atoms with Crippen LogP contribution in [0.1, 0.15) is 22.6 Å². The minimum atomic E-state index is 0.650. The summed E-state index contributed by atoms with van der Waals surface area (Å²) in [4.78, 5) is 21.1. The Labute approximate surface area is 166 Å². The van der Waals surface area contributed by atoms with Gasteiger partial charge in [-0.25, -0.2) is 15.0 Å². The van der Waals surface area contributed by atoms with Gasteiger partial charge in [-0.05, 0) is 26.6 Å². The van der Waals surface area contributed by atoms with Crippen LogP contribution < -0.4 is 5.32 Å². The third-order valence-corrected chi connectivity index (χ3v) is 4.42. The molecule has 0 aliphatic heterocycles. The predicted molar refractivity (Wildman–Crippen MR) is 112 cm³/mol. The number of anilines is 1. The van der Waals surface area contributed by atoms with Crippen LogP contribution in [-0.2, 0) is 19.6 Å². The lowest BCUT2D eigenvalue weighted by Crippen LogP contribution is -2.31. The molecular formula is C21H29N7. The lowest BCUT2D eigenvalue weighted by atomic mass is 10.2. The second-order valence-electron chi connectivity index (χ2n) is 7.26. The Morgan fingerprint density at radius 1 is 0.893 bits per heavy atom. The van der Waals surface area contributed by atoms with Crippen LogP contribution in [-0.4, -0.2) is 56.9 Å². The molecule has 3 aromatic rings. The van der Waals surface area contributed by atoms with Gasteiger partial charge in [0.25, 0.3) is 0 Å². The highest BCUT2D eigenvalue weighted by Gasteiger charge is 2.10. The van der Waals surface area contributed by atoms with Crippen molar-refractivity contribution in [2.75, 3.05) is 32.5 Å². The fourth-order valence-electron chi connectivity index (χ4n) is 2.91. The summed E-state index contributed by atoms with van der Waals surface area (Å²) in [6, 6.07) is 10.2. The summed E-state index contributed by atoms with van der Waals surface area (Å²) >= 11 is 0. The van der Waals surface area contributed by atoms with Crippen LogP contribution in [0.4, 0.5) is 5.95 Å². The molecule has 0 fully saturated rings. The van der Waals surface area contributed by atoms with Crippen molar-refractivity contribution >= 4 is 5.95 Å². The zero-order valence-electron chi connectivity index (χ0n) is 16.9. The minimum Gasteiger partial charge on any atom is -0.350 e. The number of nitrogens with zero attached hydrogens (tertiary/aromatic N) is 5. The van der Waals surface area contributed by atoms with Gasteiger partial charge in [0, 0.05) is 62.6 Å². The van der Waals surface area contributed by atoms with Gasteiger partial charge in [-0.3, -0.25) is 4.90 Å². The average molecular weight is 380 g/mol. The van der Waals surface area contributed by atoms with Crippen molar-refractivity contribution in [2.45, 2.75) is 26.6 Å². The molecule has 0 radical (unpaired) electrons. The van der Waals surface area contributed by atoms with E-state index >= 15 is 0 Å². The zero-order valence-corrected chi connectivity index (χ0v) is 16.9. The third kappa shape index (κ3) is 6.44. The number of hydrogen-bond acceptors (Lipinski definition) is 6. The molecule has 3 rings (SSSR count). The minimum absolute atomic E-state index is 0.650. The first kappa shape index (κ1) is 20.0. The number of rotatable bonds is 10. The molecule has 1 aromatic carbocycles. The number of aryl methyl sites for hydroxylation is 1. The van der Waals surface area contributed by atoms with Gasteiger partial charge in [-0.2, -0.15) is 0 Å². The summed E-state index contributed by atoms with van der Waals surface area (Å²) in [7, 11) is 4.18. The summed E-state index contributed by atoms with van der Waals surface area (Å²) in [5.74, 6) is 1.59. The molecule has 148 valence electrons. The summed E-state index contributed by atoms with van der Waals surface area (Å²) in [5, 5.41) is 3.27. The first-order chi connectivity index (χ1) is 13.6. The highest BCUT2D eigenvalue weighted by Crippen LogP contribution is 2.10. The lowest BCUT2D eigenvalue weighted by Gasteiger charge is -2.23. The largest absolute Gasteiger partial charge is 0.350 e. The van der Waals surface area contributed by atoms with Gasteiger partial charge >= 0.3 is 0 Å². The number of hydrogen-bond donors (Lipinski definition) is 2. The van der Waals surface area contributed by atoms with Crippen molar-refractivity contribution in [1.82, 2.24) is 29.7 Å². The lowest BCUT2D eigenvalue weighted by molar-refractivity contribution is 0.224. The molecule has 0 aliphatic carbocycles. The number of likely N-dealkylation sites (N-methyl/N-ethyl adjacent to an activating group) is 1. The van der Waals surface area contributed by atoms with Gasteiger partial charge in [-0.1, -0.05) is 30.3 Å². The smallest absolute Gasteiger partial charge is 0.222 e. The Morgan fingerprint density at radius 2 is 1.64 bits per heavy atom. The van der Waals surface area contributed by atoms with E-state index in [2.05, 4.69) is 61.3 Å². The van der Waals surface area contributed by atoms with Crippen LogP contribution in [0, 0.1) is 6.92 Å². The number of aromatic nitrogens is 4. The highest BCUT2D eigenvalue weighted by molar-refractivity contribution is 5.27. The van der Waals surface area contributed by atoms with Gasteiger partial charge in [0.1, 0.15) is 5.82 Å². The summed E-state index contributed by atoms with van der Waals surface area (Å²) in [6.45, 7) is 6.26. The summed E-state index contributed by atoms with van der Waals surface area (Å²) < 4.78 is 0. The van der Waals surface area contributed by atoms with Crippen LogP contribution in [0.2, 0.25) is 0 Å². The number of nitrogens with one attached hydrogen (secondary N) is 2. The second-order valence-corrected chi connectivity index (χ2v) is 7.26. The molecule has 0 atom stereocenters. The van der Waals surface area contributed by atoms with Crippen molar-refractivity contribution in [3.63, 3.8) is 0 Å². The van der Waals surface area contributed by atoms with Crippen molar-refractivity contribution in [3.8, 4) is 0 Å². The maximum absolute atomic E-state index is 4.47. The predicted octanol–water partition coefficient (Wildman–Crippen LogP) is 2.68. The maximum atomic E-state index is 4.47. The molecular weight excluding hydrogens is 350 g/mol. The monoisotopic (exact) mass is 379 g/mol. The Bertz CT molecular complexity index is 827. The van der Waals surface area contributed by atoms with Crippen molar-refractivity contribution in [2.24, 2.45) is 0 Å². The Hall–Kier alpha value is -2.77. The molecule has 0 unspecified atom stereocenters. The van der Waals surface area contributed by atoms with Gasteiger partial charge in [0.15, 0.2) is 0 Å². The zero-order chi connectivity index (χ0) is 19.8. The Kier molecular flexibility index (Phi) is 7.11. The molecule has 0 bridgehead atoms. The van der Waals surface area contributed by atoms with E-state index in [9.17, 15) is 0 Å². The number of aromatic amines is 1. The van der Waals surface area contributed by atoms with Crippen molar-refractivity contribution in [1.29, 1.82) is 0 Å². The molecule has 7 heteroatoms. The maximum Gasteiger partial charge on any atom is 0.222 e. The van der Waals surface area contributed by atoms with Crippen LogP contribution in [0.15, 0.2) is 48.9 Å². The van der Waals surface area contributed by atoms with E-state index in [4.69, 9.17) is 0 Å². The Balaban J connectivity index is 1.58. The normalized spacial score (nSPS) is 11.3. The van der Waals surface area contributed by atoms with Crippen molar-refractivity contribution < 1.29 is 0 Å². The quantitative estimate of drug-likeness (QED) is 0.564.